The molecular formula is C20H30N6OS. The van der Waals surface area contributed by atoms with Crippen molar-refractivity contribution >= 4 is 22.6 Å². The van der Waals surface area contributed by atoms with E-state index >= 15 is 0 Å². The highest BCUT2D eigenvalue weighted by Gasteiger charge is 2.22. The number of ether oxygens (including phenoxy) is 1. The molecule has 0 bridgehead atoms. The highest BCUT2D eigenvalue weighted by atomic mass is 32.1. The molecule has 152 valence electrons. The Kier molecular flexibility index (Phi) is 7.62. The summed E-state index contributed by atoms with van der Waals surface area (Å²) in [4.78, 5) is 14.1. The van der Waals surface area contributed by atoms with E-state index in [0.717, 1.165) is 61.6 Å². The molecule has 3 rings (SSSR count). The monoisotopic (exact) mass is 402 g/mol. The van der Waals surface area contributed by atoms with Gasteiger partial charge in [-0.2, -0.15) is 4.37 Å². The smallest absolute Gasteiger partial charge is 0.205 e. The number of aliphatic imine (C=N–C) groups is 1. The van der Waals surface area contributed by atoms with Gasteiger partial charge in [0.15, 0.2) is 5.96 Å². The summed E-state index contributed by atoms with van der Waals surface area (Å²) in [5.74, 6) is 1.88. The molecule has 8 heteroatoms. The van der Waals surface area contributed by atoms with Crippen molar-refractivity contribution in [3.8, 4) is 0 Å². The van der Waals surface area contributed by atoms with Gasteiger partial charge in [-0.3, -0.25) is 4.99 Å². The number of nitrogens with one attached hydrogen (secondary N) is 1. The second kappa shape index (κ2) is 10.4. The Balaban J connectivity index is 1.61. The van der Waals surface area contributed by atoms with Crippen molar-refractivity contribution in [2.24, 2.45) is 4.99 Å². The molecule has 0 saturated carbocycles. The minimum atomic E-state index is -0.0370. The van der Waals surface area contributed by atoms with Crippen molar-refractivity contribution in [3.05, 3.63) is 41.7 Å². The van der Waals surface area contributed by atoms with Crippen LogP contribution in [0.25, 0.3) is 0 Å². The largest absolute Gasteiger partial charge is 0.375 e. The van der Waals surface area contributed by atoms with Crippen LogP contribution in [0, 0.1) is 0 Å². The highest BCUT2D eigenvalue weighted by Crippen LogP contribution is 2.20. The van der Waals surface area contributed by atoms with Crippen LogP contribution in [0.4, 0.5) is 5.13 Å². The Morgan fingerprint density at radius 3 is 2.57 bits per heavy atom. The van der Waals surface area contributed by atoms with Gasteiger partial charge in [-0.25, -0.2) is 4.98 Å². The van der Waals surface area contributed by atoms with Gasteiger partial charge in [0, 0.05) is 57.8 Å². The average Bonchev–Trinajstić information content (AvgIpc) is 3.24. The fourth-order valence-corrected chi connectivity index (χ4v) is 4.01. The van der Waals surface area contributed by atoms with Crippen molar-refractivity contribution in [1.82, 2.24) is 19.6 Å². The average molecular weight is 403 g/mol. The van der Waals surface area contributed by atoms with E-state index in [1.54, 1.807) is 7.11 Å². The SMILES string of the molecule is CCNC(=NCC(OC)c1ccccc1)N1CCN(c2nc(CC)ns2)CC1. The van der Waals surface area contributed by atoms with E-state index in [-0.39, 0.29) is 6.10 Å². The van der Waals surface area contributed by atoms with Crippen LogP contribution in [0.5, 0.6) is 0 Å². The molecule has 1 aromatic heterocycles. The molecule has 0 amide bonds. The number of hydrogen-bond acceptors (Lipinski definition) is 6. The molecule has 1 fully saturated rings. The second-order valence-corrected chi connectivity index (χ2v) is 7.38. The van der Waals surface area contributed by atoms with Crippen molar-refractivity contribution < 1.29 is 4.74 Å². The van der Waals surface area contributed by atoms with E-state index < -0.39 is 0 Å². The summed E-state index contributed by atoms with van der Waals surface area (Å²) < 4.78 is 10.1. The second-order valence-electron chi connectivity index (χ2n) is 6.65. The Labute approximate surface area is 171 Å². The lowest BCUT2D eigenvalue weighted by Gasteiger charge is -2.36. The molecule has 0 aliphatic carbocycles. The number of piperazine rings is 1. The number of anilines is 1. The van der Waals surface area contributed by atoms with Crippen molar-refractivity contribution in [1.29, 1.82) is 0 Å². The topological polar surface area (TPSA) is 65.9 Å². The van der Waals surface area contributed by atoms with E-state index in [1.165, 1.54) is 11.5 Å². The molecule has 0 spiro atoms. The standard InChI is InChI=1S/C20H30N6OS/c1-4-18-23-20(28-24-18)26-13-11-25(12-14-26)19(21-5-2)22-15-17(27-3)16-9-7-6-8-10-16/h6-10,17H,4-5,11-15H2,1-3H3,(H,21,22). The molecule has 1 atom stereocenters. The Hall–Kier alpha value is -2.19. The summed E-state index contributed by atoms with van der Waals surface area (Å²) in [7, 11) is 1.74. The van der Waals surface area contributed by atoms with E-state index in [2.05, 4.69) is 50.5 Å². The van der Waals surface area contributed by atoms with Gasteiger partial charge in [0.05, 0.1) is 6.54 Å². The minimum Gasteiger partial charge on any atom is -0.375 e. The lowest BCUT2D eigenvalue weighted by atomic mass is 10.1. The van der Waals surface area contributed by atoms with E-state index in [1.807, 2.05) is 18.2 Å². The maximum Gasteiger partial charge on any atom is 0.205 e. The van der Waals surface area contributed by atoms with Gasteiger partial charge in [-0.15, -0.1) is 0 Å². The first-order valence-corrected chi connectivity index (χ1v) is 10.7. The summed E-state index contributed by atoms with van der Waals surface area (Å²) >= 11 is 1.50. The maximum absolute atomic E-state index is 5.66. The number of rotatable bonds is 7. The number of hydrogen-bond donors (Lipinski definition) is 1. The first-order chi connectivity index (χ1) is 13.7. The van der Waals surface area contributed by atoms with Gasteiger partial charge in [-0.05, 0) is 12.5 Å². The van der Waals surface area contributed by atoms with Crippen LogP contribution in [0.1, 0.15) is 31.3 Å². The first-order valence-electron chi connectivity index (χ1n) is 9.93. The zero-order valence-corrected chi connectivity index (χ0v) is 17.8. The Morgan fingerprint density at radius 1 is 1.21 bits per heavy atom. The van der Waals surface area contributed by atoms with Crippen LogP contribution in [-0.4, -0.2) is 66.6 Å². The van der Waals surface area contributed by atoms with Crippen LogP contribution in [0.3, 0.4) is 0 Å². The number of aryl methyl sites for hydroxylation is 1. The third kappa shape index (κ3) is 5.20. The molecule has 2 aromatic rings. The number of methoxy groups -OCH3 is 1. The van der Waals surface area contributed by atoms with Crippen LogP contribution < -0.4 is 10.2 Å². The summed E-state index contributed by atoms with van der Waals surface area (Å²) in [5, 5.41) is 4.46. The van der Waals surface area contributed by atoms with Gasteiger partial charge >= 0.3 is 0 Å². The number of benzene rings is 1. The first kappa shape index (κ1) is 20.5. The van der Waals surface area contributed by atoms with E-state index in [0.29, 0.717) is 6.54 Å². The molecule has 7 nitrogen and oxygen atoms in total. The number of nitrogens with zero attached hydrogens (tertiary/aromatic N) is 5. The van der Waals surface area contributed by atoms with Gasteiger partial charge in [-0.1, -0.05) is 37.3 Å². The molecule has 0 radical (unpaired) electrons. The minimum absolute atomic E-state index is 0.0370. The molecule has 1 saturated heterocycles. The summed E-state index contributed by atoms with van der Waals surface area (Å²) in [6, 6.07) is 10.3. The molecule has 1 unspecified atom stereocenters. The normalized spacial score (nSPS) is 16.3. The summed E-state index contributed by atoms with van der Waals surface area (Å²) in [6.45, 7) is 9.31. The Bertz CT molecular complexity index is 742. The summed E-state index contributed by atoms with van der Waals surface area (Å²) in [5.41, 5.74) is 1.15. The third-order valence-electron chi connectivity index (χ3n) is 4.82. The van der Waals surface area contributed by atoms with Gasteiger partial charge < -0.3 is 19.9 Å². The summed E-state index contributed by atoms with van der Waals surface area (Å²) in [6.07, 6.45) is 0.848. The molecule has 1 aromatic carbocycles. The quantitative estimate of drug-likeness (QED) is 0.567. The van der Waals surface area contributed by atoms with Crippen LogP contribution in [0.2, 0.25) is 0 Å². The van der Waals surface area contributed by atoms with Crippen molar-refractivity contribution in [2.45, 2.75) is 26.4 Å². The van der Waals surface area contributed by atoms with E-state index in [4.69, 9.17) is 9.73 Å². The number of aromatic nitrogens is 2. The lowest BCUT2D eigenvalue weighted by Crippen LogP contribution is -2.52. The zero-order chi connectivity index (χ0) is 19.8. The molecule has 2 heterocycles. The van der Waals surface area contributed by atoms with Crippen LogP contribution >= 0.6 is 11.5 Å². The Morgan fingerprint density at radius 2 is 1.96 bits per heavy atom. The van der Waals surface area contributed by atoms with Crippen LogP contribution in [-0.2, 0) is 11.2 Å². The molecule has 28 heavy (non-hydrogen) atoms. The predicted molar refractivity (Wildman–Crippen MR) is 115 cm³/mol. The van der Waals surface area contributed by atoms with Gasteiger partial charge in [0.25, 0.3) is 0 Å². The highest BCUT2D eigenvalue weighted by molar-refractivity contribution is 7.09. The predicted octanol–water partition coefficient (Wildman–Crippen LogP) is 2.58. The lowest BCUT2D eigenvalue weighted by molar-refractivity contribution is 0.110. The molecule has 1 N–H and O–H groups in total. The van der Waals surface area contributed by atoms with E-state index in [9.17, 15) is 0 Å². The third-order valence-corrected chi connectivity index (χ3v) is 5.64. The maximum atomic E-state index is 5.66. The fourth-order valence-electron chi connectivity index (χ4n) is 3.21. The molecule has 1 aliphatic rings. The fraction of sp³-hybridized carbons (Fsp3) is 0.550. The number of guanidine groups is 1. The van der Waals surface area contributed by atoms with Crippen molar-refractivity contribution in [2.75, 3.05) is 51.3 Å². The molecule has 1 aliphatic heterocycles. The van der Waals surface area contributed by atoms with Gasteiger partial charge in [0.1, 0.15) is 11.9 Å². The zero-order valence-electron chi connectivity index (χ0n) is 17.0. The van der Waals surface area contributed by atoms with Gasteiger partial charge in [0.2, 0.25) is 5.13 Å². The van der Waals surface area contributed by atoms with Crippen molar-refractivity contribution in [3.63, 3.8) is 0 Å². The molecular weight excluding hydrogens is 372 g/mol. The van der Waals surface area contributed by atoms with Crippen LogP contribution in [0.15, 0.2) is 35.3 Å².